The van der Waals surface area contributed by atoms with Gasteiger partial charge in [-0.1, -0.05) is 18.2 Å². The van der Waals surface area contributed by atoms with E-state index >= 15 is 0 Å². The van der Waals surface area contributed by atoms with E-state index in [0.29, 0.717) is 11.1 Å². The van der Waals surface area contributed by atoms with Gasteiger partial charge in [0, 0.05) is 25.1 Å². The Balaban J connectivity index is 1.86. The highest BCUT2D eigenvalue weighted by Crippen LogP contribution is 2.08. The van der Waals surface area contributed by atoms with Crippen LogP contribution in [0.2, 0.25) is 0 Å². The molecule has 126 valence electrons. The van der Waals surface area contributed by atoms with E-state index in [1.807, 2.05) is 37.3 Å². The van der Waals surface area contributed by atoms with E-state index in [1.54, 1.807) is 34.7 Å². The van der Waals surface area contributed by atoms with Gasteiger partial charge in [0.25, 0.3) is 11.5 Å². The molecule has 1 amide bonds. The van der Waals surface area contributed by atoms with Crippen LogP contribution in [0, 0.1) is 6.92 Å². The summed E-state index contributed by atoms with van der Waals surface area (Å²) in [6.45, 7) is 1.82. The summed E-state index contributed by atoms with van der Waals surface area (Å²) in [5.74, 6) is -0.388. The largest absolute Gasteiger partial charge is 0.285 e. The van der Waals surface area contributed by atoms with Crippen molar-refractivity contribution in [2.75, 3.05) is 0 Å². The first-order chi connectivity index (χ1) is 12.1. The first-order valence-electron chi connectivity index (χ1n) is 7.67. The molecule has 3 rings (SSSR count). The lowest BCUT2D eigenvalue weighted by Crippen LogP contribution is -2.21. The minimum absolute atomic E-state index is 0.203. The predicted octanol–water partition coefficient (Wildman–Crippen LogP) is 1.64. The van der Waals surface area contributed by atoms with E-state index in [4.69, 9.17) is 0 Å². The van der Waals surface area contributed by atoms with Gasteiger partial charge in [0.2, 0.25) is 0 Å². The van der Waals surface area contributed by atoms with Crippen molar-refractivity contribution >= 4 is 12.1 Å². The van der Waals surface area contributed by atoms with Gasteiger partial charge in [0.1, 0.15) is 0 Å². The van der Waals surface area contributed by atoms with Crippen molar-refractivity contribution in [1.29, 1.82) is 0 Å². The lowest BCUT2D eigenvalue weighted by Gasteiger charge is -2.07. The molecule has 0 fully saturated rings. The van der Waals surface area contributed by atoms with Crippen molar-refractivity contribution in [1.82, 2.24) is 19.8 Å². The van der Waals surface area contributed by atoms with Crippen LogP contribution in [-0.4, -0.2) is 26.5 Å². The zero-order valence-corrected chi connectivity index (χ0v) is 13.9. The Morgan fingerprint density at radius 3 is 2.64 bits per heavy atom. The standard InChI is InChI=1S/C18H17N5O2/c1-13-16(12-20-21-17(24)14-7-6-10-19-11-14)18(25)23(22(13)2)15-8-4-3-5-9-15/h3-12H,1-2H3,(H,21,24). The number of amides is 1. The van der Waals surface area contributed by atoms with Crippen LogP contribution in [0.5, 0.6) is 0 Å². The van der Waals surface area contributed by atoms with Crippen LogP contribution in [0.1, 0.15) is 21.6 Å². The van der Waals surface area contributed by atoms with Crippen LogP contribution < -0.4 is 11.0 Å². The van der Waals surface area contributed by atoms with E-state index in [0.717, 1.165) is 11.4 Å². The molecule has 0 bridgehead atoms. The topological polar surface area (TPSA) is 81.3 Å². The van der Waals surface area contributed by atoms with Crippen molar-refractivity contribution in [2.45, 2.75) is 6.92 Å². The first-order valence-corrected chi connectivity index (χ1v) is 7.67. The van der Waals surface area contributed by atoms with Crippen molar-refractivity contribution in [2.24, 2.45) is 12.1 Å². The Kier molecular flexibility index (Phi) is 4.56. The monoisotopic (exact) mass is 335 g/mol. The molecule has 1 aromatic carbocycles. The van der Waals surface area contributed by atoms with Gasteiger partial charge >= 0.3 is 0 Å². The molecule has 0 atom stereocenters. The third kappa shape index (κ3) is 3.25. The number of aromatic nitrogens is 3. The SMILES string of the molecule is Cc1c(C=NNC(=O)c2cccnc2)c(=O)n(-c2ccccc2)n1C. The zero-order valence-electron chi connectivity index (χ0n) is 13.9. The van der Waals surface area contributed by atoms with E-state index < -0.39 is 0 Å². The molecule has 7 nitrogen and oxygen atoms in total. The maximum absolute atomic E-state index is 12.7. The van der Waals surface area contributed by atoms with Crippen LogP contribution in [0.25, 0.3) is 5.69 Å². The molecule has 0 aliphatic rings. The van der Waals surface area contributed by atoms with Gasteiger partial charge in [-0.15, -0.1) is 0 Å². The van der Waals surface area contributed by atoms with E-state index in [-0.39, 0.29) is 11.5 Å². The molecule has 25 heavy (non-hydrogen) atoms. The molecule has 2 heterocycles. The molecule has 7 heteroatoms. The van der Waals surface area contributed by atoms with E-state index in [9.17, 15) is 9.59 Å². The second kappa shape index (κ2) is 6.96. The summed E-state index contributed by atoms with van der Waals surface area (Å²) >= 11 is 0. The molecule has 0 radical (unpaired) electrons. The number of hydrogen-bond acceptors (Lipinski definition) is 4. The molecule has 1 N–H and O–H groups in total. The van der Waals surface area contributed by atoms with Gasteiger partial charge in [-0.3, -0.25) is 19.3 Å². The van der Waals surface area contributed by atoms with Gasteiger partial charge < -0.3 is 0 Å². The highest BCUT2D eigenvalue weighted by Gasteiger charge is 2.14. The molecule has 0 aliphatic heterocycles. The summed E-state index contributed by atoms with van der Waals surface area (Å²) in [7, 11) is 1.80. The lowest BCUT2D eigenvalue weighted by atomic mass is 10.3. The first kappa shape index (κ1) is 16.4. The van der Waals surface area contributed by atoms with Gasteiger partial charge in [-0.2, -0.15) is 5.10 Å². The number of rotatable bonds is 4. The van der Waals surface area contributed by atoms with Crippen LogP contribution >= 0.6 is 0 Å². The number of hydrazone groups is 1. The molecule has 0 saturated heterocycles. The number of para-hydroxylation sites is 1. The van der Waals surface area contributed by atoms with Crippen molar-refractivity contribution in [3.8, 4) is 5.69 Å². The highest BCUT2D eigenvalue weighted by atomic mass is 16.2. The van der Waals surface area contributed by atoms with Crippen LogP contribution in [0.4, 0.5) is 0 Å². The highest BCUT2D eigenvalue weighted by molar-refractivity contribution is 5.94. The van der Waals surface area contributed by atoms with Gasteiger partial charge in [-0.25, -0.2) is 10.1 Å². The third-order valence-electron chi connectivity index (χ3n) is 3.88. The van der Waals surface area contributed by atoms with Gasteiger partial charge in [-0.05, 0) is 31.2 Å². The smallest absolute Gasteiger partial charge is 0.280 e. The molecule has 0 spiro atoms. The van der Waals surface area contributed by atoms with Crippen LogP contribution in [0.15, 0.2) is 64.8 Å². The fourth-order valence-corrected chi connectivity index (χ4v) is 2.45. The Labute approximate surface area is 144 Å². The Morgan fingerprint density at radius 2 is 1.96 bits per heavy atom. The van der Waals surface area contributed by atoms with Gasteiger partial charge in [0.15, 0.2) is 0 Å². The number of nitrogens with zero attached hydrogens (tertiary/aromatic N) is 4. The number of carbonyl (C=O) groups excluding carboxylic acids is 1. The maximum atomic E-state index is 12.7. The Morgan fingerprint density at radius 1 is 1.20 bits per heavy atom. The Bertz CT molecular complexity index is 972. The minimum Gasteiger partial charge on any atom is -0.285 e. The molecule has 0 saturated carbocycles. The fourth-order valence-electron chi connectivity index (χ4n) is 2.45. The third-order valence-corrected chi connectivity index (χ3v) is 3.88. The lowest BCUT2D eigenvalue weighted by molar-refractivity contribution is 0.0955. The van der Waals surface area contributed by atoms with Crippen LogP contribution in [-0.2, 0) is 7.05 Å². The maximum Gasteiger partial charge on any atom is 0.280 e. The fraction of sp³-hybridized carbons (Fsp3) is 0.111. The van der Waals surface area contributed by atoms with Crippen molar-refractivity contribution < 1.29 is 4.79 Å². The molecule has 2 aromatic heterocycles. The number of nitrogens with one attached hydrogen (secondary N) is 1. The minimum atomic E-state index is -0.388. The second-order valence-corrected chi connectivity index (χ2v) is 5.42. The summed E-state index contributed by atoms with van der Waals surface area (Å²) in [4.78, 5) is 28.5. The Hall–Kier alpha value is -3.48. The molecule has 0 aliphatic carbocycles. The normalized spacial score (nSPS) is 11.0. The van der Waals surface area contributed by atoms with Gasteiger partial charge in [0.05, 0.1) is 23.0 Å². The second-order valence-electron chi connectivity index (χ2n) is 5.42. The number of hydrogen-bond donors (Lipinski definition) is 1. The van der Waals surface area contributed by atoms with Crippen LogP contribution in [0.3, 0.4) is 0 Å². The number of carbonyl (C=O) groups is 1. The summed E-state index contributed by atoms with van der Waals surface area (Å²) in [5.41, 5.74) is 4.51. The summed E-state index contributed by atoms with van der Waals surface area (Å²) in [5, 5.41) is 3.91. The van der Waals surface area contributed by atoms with Crippen molar-refractivity contribution in [3.05, 3.63) is 82.0 Å². The zero-order chi connectivity index (χ0) is 17.8. The number of benzene rings is 1. The average Bonchev–Trinajstić information content (AvgIpc) is 2.86. The quantitative estimate of drug-likeness (QED) is 0.581. The summed E-state index contributed by atoms with van der Waals surface area (Å²) in [6, 6.07) is 12.6. The van der Waals surface area contributed by atoms with E-state index in [1.165, 1.54) is 12.4 Å². The number of pyridine rings is 1. The summed E-state index contributed by atoms with van der Waals surface area (Å²) < 4.78 is 3.31. The average molecular weight is 335 g/mol. The molecular weight excluding hydrogens is 318 g/mol. The molecular formula is C18H17N5O2. The van der Waals surface area contributed by atoms with Crippen molar-refractivity contribution in [3.63, 3.8) is 0 Å². The van der Waals surface area contributed by atoms with E-state index in [2.05, 4.69) is 15.5 Å². The predicted molar refractivity (Wildman–Crippen MR) is 95.0 cm³/mol. The molecule has 3 aromatic rings. The summed E-state index contributed by atoms with van der Waals surface area (Å²) in [6.07, 6.45) is 4.39. The molecule has 0 unspecified atom stereocenters.